The Morgan fingerprint density at radius 3 is 2.25 bits per heavy atom. The highest BCUT2D eigenvalue weighted by atomic mass is 19.1. The number of esters is 2. The van der Waals surface area contributed by atoms with Crippen LogP contribution in [0.4, 0.5) is 4.39 Å². The second-order valence-electron chi connectivity index (χ2n) is 3.80. The molecule has 1 aromatic carbocycles. The molecule has 0 unspecified atom stereocenters. The first kappa shape index (κ1) is 13.7. The van der Waals surface area contributed by atoms with Gasteiger partial charge in [-0.25, -0.2) is 18.7 Å². The maximum absolute atomic E-state index is 12.9. The number of carbonyl (C=O) groups excluding carboxylic acids is 2. The van der Waals surface area contributed by atoms with E-state index in [-0.39, 0.29) is 11.3 Å². The molecule has 0 aliphatic rings. The van der Waals surface area contributed by atoms with Gasteiger partial charge in [-0.05, 0) is 24.3 Å². The molecule has 1 heterocycles. The molecule has 20 heavy (non-hydrogen) atoms. The lowest BCUT2D eigenvalue weighted by Crippen LogP contribution is -2.10. The van der Waals surface area contributed by atoms with Crippen LogP contribution < -0.4 is 0 Å². The van der Waals surface area contributed by atoms with Gasteiger partial charge in [-0.3, -0.25) is 0 Å². The number of halogens is 1. The van der Waals surface area contributed by atoms with E-state index in [1.807, 2.05) is 0 Å². The van der Waals surface area contributed by atoms with Gasteiger partial charge in [0, 0.05) is 6.20 Å². The van der Waals surface area contributed by atoms with Crippen LogP contribution in [-0.4, -0.2) is 35.9 Å². The monoisotopic (exact) mass is 278 g/mol. The average Bonchev–Trinajstić information content (AvgIpc) is 2.91. The fraction of sp³-hybridized carbons (Fsp3) is 0.154. The van der Waals surface area contributed by atoms with Crippen molar-refractivity contribution >= 4 is 11.9 Å². The third kappa shape index (κ3) is 2.51. The Bertz CT molecular complexity index is 615. The number of hydrogen-bond donors (Lipinski definition) is 0. The largest absolute Gasteiger partial charge is 0.465 e. The van der Waals surface area contributed by atoms with Crippen LogP contribution >= 0.6 is 0 Å². The molecular formula is C13H11FN2O4. The van der Waals surface area contributed by atoms with Crippen LogP contribution in [0, 0.1) is 5.82 Å². The van der Waals surface area contributed by atoms with E-state index in [0.29, 0.717) is 5.69 Å². The first-order valence-corrected chi connectivity index (χ1v) is 5.59. The summed E-state index contributed by atoms with van der Waals surface area (Å²) in [4.78, 5) is 23.2. The Hall–Kier alpha value is -2.70. The summed E-state index contributed by atoms with van der Waals surface area (Å²) in [6.45, 7) is 0. The SMILES string of the molecule is COC(=O)c1cn(-c2ccc(F)cc2)nc1C(=O)OC. The Labute approximate surface area is 113 Å². The van der Waals surface area contributed by atoms with E-state index in [4.69, 9.17) is 0 Å². The number of aromatic nitrogens is 2. The van der Waals surface area contributed by atoms with Gasteiger partial charge in [-0.15, -0.1) is 0 Å². The zero-order valence-corrected chi connectivity index (χ0v) is 10.8. The summed E-state index contributed by atoms with van der Waals surface area (Å²) in [7, 11) is 2.37. The third-order valence-electron chi connectivity index (χ3n) is 2.59. The molecule has 1 aromatic heterocycles. The van der Waals surface area contributed by atoms with Crippen molar-refractivity contribution in [2.45, 2.75) is 0 Å². The van der Waals surface area contributed by atoms with Crippen molar-refractivity contribution in [2.24, 2.45) is 0 Å². The zero-order chi connectivity index (χ0) is 14.7. The minimum Gasteiger partial charge on any atom is -0.465 e. The molecule has 2 rings (SSSR count). The fourth-order valence-electron chi connectivity index (χ4n) is 1.61. The summed E-state index contributed by atoms with van der Waals surface area (Å²) in [5, 5.41) is 3.97. The minimum atomic E-state index is -0.758. The highest BCUT2D eigenvalue weighted by molar-refractivity contribution is 6.01. The van der Waals surface area contributed by atoms with Crippen molar-refractivity contribution in [3.63, 3.8) is 0 Å². The Morgan fingerprint density at radius 1 is 1.10 bits per heavy atom. The molecule has 0 aliphatic carbocycles. The molecule has 0 N–H and O–H groups in total. The summed E-state index contributed by atoms with van der Waals surface area (Å²) in [5.74, 6) is -1.87. The van der Waals surface area contributed by atoms with Crippen LogP contribution in [0.1, 0.15) is 20.8 Å². The third-order valence-corrected chi connectivity index (χ3v) is 2.59. The van der Waals surface area contributed by atoms with Gasteiger partial charge in [0.05, 0.1) is 19.9 Å². The summed E-state index contributed by atoms with van der Waals surface area (Å²) in [5.41, 5.74) is 0.305. The molecule has 0 bridgehead atoms. The van der Waals surface area contributed by atoms with Crippen molar-refractivity contribution in [1.82, 2.24) is 9.78 Å². The maximum Gasteiger partial charge on any atom is 0.359 e. The molecule has 2 aromatic rings. The molecule has 0 aliphatic heterocycles. The second kappa shape index (κ2) is 5.52. The van der Waals surface area contributed by atoms with Gasteiger partial charge in [-0.2, -0.15) is 5.10 Å². The average molecular weight is 278 g/mol. The van der Waals surface area contributed by atoms with Crippen LogP contribution in [0.3, 0.4) is 0 Å². The van der Waals surface area contributed by atoms with Crippen LogP contribution in [-0.2, 0) is 9.47 Å². The molecule has 0 radical (unpaired) electrons. The van der Waals surface area contributed by atoms with E-state index < -0.39 is 17.8 Å². The molecular weight excluding hydrogens is 267 g/mol. The molecule has 0 saturated carbocycles. The van der Waals surface area contributed by atoms with Gasteiger partial charge >= 0.3 is 11.9 Å². The number of carbonyl (C=O) groups is 2. The standard InChI is InChI=1S/C13H11FN2O4/c1-19-12(17)10-7-16(15-11(10)13(18)20-2)9-5-3-8(14)4-6-9/h3-7H,1-2H3. The van der Waals surface area contributed by atoms with E-state index in [2.05, 4.69) is 14.6 Å². The molecule has 7 heteroatoms. The highest BCUT2D eigenvalue weighted by Crippen LogP contribution is 2.15. The number of hydrogen-bond acceptors (Lipinski definition) is 5. The van der Waals surface area contributed by atoms with Gasteiger partial charge in [-0.1, -0.05) is 0 Å². The van der Waals surface area contributed by atoms with Crippen LogP contribution in [0.2, 0.25) is 0 Å². The summed E-state index contributed by atoms with van der Waals surface area (Å²) in [6, 6.07) is 5.41. The number of benzene rings is 1. The van der Waals surface area contributed by atoms with E-state index in [0.717, 1.165) is 0 Å². The molecule has 0 saturated heterocycles. The lowest BCUT2D eigenvalue weighted by Gasteiger charge is -1.99. The van der Waals surface area contributed by atoms with E-state index in [1.165, 1.54) is 49.4 Å². The summed E-state index contributed by atoms with van der Waals surface area (Å²) < 4.78 is 23.3. The van der Waals surface area contributed by atoms with Gasteiger partial charge in [0.15, 0.2) is 5.69 Å². The fourth-order valence-corrected chi connectivity index (χ4v) is 1.61. The van der Waals surface area contributed by atoms with Gasteiger partial charge in [0.25, 0.3) is 0 Å². The number of rotatable bonds is 3. The molecule has 0 atom stereocenters. The zero-order valence-electron chi connectivity index (χ0n) is 10.8. The summed E-state index contributed by atoms with van der Waals surface area (Å²) in [6.07, 6.45) is 1.32. The molecule has 0 amide bonds. The van der Waals surface area contributed by atoms with Crippen molar-refractivity contribution in [2.75, 3.05) is 14.2 Å². The molecule has 6 nitrogen and oxygen atoms in total. The summed E-state index contributed by atoms with van der Waals surface area (Å²) >= 11 is 0. The van der Waals surface area contributed by atoms with Crippen molar-refractivity contribution < 1.29 is 23.5 Å². The van der Waals surface area contributed by atoms with Crippen LogP contribution in [0.25, 0.3) is 5.69 Å². The van der Waals surface area contributed by atoms with Crippen molar-refractivity contribution in [3.8, 4) is 5.69 Å². The van der Waals surface area contributed by atoms with Crippen molar-refractivity contribution in [1.29, 1.82) is 0 Å². The topological polar surface area (TPSA) is 70.4 Å². The van der Waals surface area contributed by atoms with Gasteiger partial charge < -0.3 is 9.47 Å². The minimum absolute atomic E-state index is 0.0244. The van der Waals surface area contributed by atoms with E-state index in [9.17, 15) is 14.0 Å². The number of nitrogens with zero attached hydrogens (tertiary/aromatic N) is 2. The first-order chi connectivity index (χ1) is 9.56. The quantitative estimate of drug-likeness (QED) is 0.797. The number of methoxy groups -OCH3 is 2. The Morgan fingerprint density at radius 2 is 1.70 bits per heavy atom. The Balaban J connectivity index is 2.51. The van der Waals surface area contributed by atoms with E-state index >= 15 is 0 Å². The van der Waals surface area contributed by atoms with Gasteiger partial charge in [0.1, 0.15) is 11.4 Å². The molecule has 0 spiro atoms. The molecule has 0 fully saturated rings. The van der Waals surface area contributed by atoms with Crippen molar-refractivity contribution in [3.05, 3.63) is 47.5 Å². The lowest BCUT2D eigenvalue weighted by atomic mass is 10.2. The van der Waals surface area contributed by atoms with Crippen LogP contribution in [0.15, 0.2) is 30.5 Å². The first-order valence-electron chi connectivity index (χ1n) is 5.59. The smallest absolute Gasteiger partial charge is 0.359 e. The van der Waals surface area contributed by atoms with E-state index in [1.54, 1.807) is 0 Å². The highest BCUT2D eigenvalue weighted by Gasteiger charge is 2.23. The normalized spacial score (nSPS) is 10.2. The maximum atomic E-state index is 12.9. The number of ether oxygens (including phenoxy) is 2. The second-order valence-corrected chi connectivity index (χ2v) is 3.80. The predicted octanol–water partition coefficient (Wildman–Crippen LogP) is 1.58. The molecule has 104 valence electrons. The predicted molar refractivity (Wildman–Crippen MR) is 66.2 cm³/mol. The van der Waals surface area contributed by atoms with Crippen LogP contribution in [0.5, 0.6) is 0 Å². The van der Waals surface area contributed by atoms with Gasteiger partial charge in [0.2, 0.25) is 0 Å². The lowest BCUT2D eigenvalue weighted by molar-refractivity contribution is 0.0552. The Kier molecular flexibility index (Phi) is 3.79.